The third kappa shape index (κ3) is 8.22. The Morgan fingerprint density at radius 2 is 1.62 bits per heavy atom. The van der Waals surface area contributed by atoms with Crippen molar-refractivity contribution in [1.29, 1.82) is 0 Å². The van der Waals surface area contributed by atoms with Gasteiger partial charge in [0.05, 0.1) is 6.04 Å². The number of fused-ring (bicyclic) bond motifs is 1. The van der Waals surface area contributed by atoms with E-state index in [1.54, 1.807) is 53.7 Å². The van der Waals surface area contributed by atoms with Crippen LogP contribution in [0.15, 0.2) is 25.3 Å². The summed E-state index contributed by atoms with van der Waals surface area (Å²) >= 11 is 12.9. The number of allylic oxidation sites excluding steroid dienone is 1. The molecule has 4 amide bonds. The largest absolute Gasteiger partial charge is 0.444 e. The van der Waals surface area contributed by atoms with Gasteiger partial charge in [0.25, 0.3) is 5.91 Å². The Morgan fingerprint density at radius 1 is 1.02 bits per heavy atom. The molecule has 2 fully saturated rings. The molecule has 5 atom stereocenters. The van der Waals surface area contributed by atoms with E-state index in [4.69, 9.17) is 27.9 Å². The first-order valence-electron chi connectivity index (χ1n) is 13.4. The molecule has 0 spiro atoms. The van der Waals surface area contributed by atoms with Crippen LogP contribution < -0.4 is 16.0 Å². The molecule has 0 aromatic carbocycles. The number of alkyl halides is 2. The summed E-state index contributed by atoms with van der Waals surface area (Å²) in [6.07, 6.45) is 3.37. The summed E-state index contributed by atoms with van der Waals surface area (Å²) in [5.41, 5.74) is -1.53. The van der Waals surface area contributed by atoms with E-state index in [9.17, 15) is 24.0 Å². The summed E-state index contributed by atoms with van der Waals surface area (Å²) in [6.45, 7) is 18.0. The molecular formula is C28H42Cl2N4O6. The van der Waals surface area contributed by atoms with Gasteiger partial charge in [0.15, 0.2) is 0 Å². The zero-order valence-electron chi connectivity index (χ0n) is 24.1. The minimum atomic E-state index is -1.22. The Balaban J connectivity index is 2.30. The Kier molecular flexibility index (Phi) is 10.9. The fourth-order valence-corrected chi connectivity index (χ4v) is 5.54. The number of piperidine rings is 1. The summed E-state index contributed by atoms with van der Waals surface area (Å²) in [5, 5.41) is 7.81. The van der Waals surface area contributed by atoms with Crippen molar-refractivity contribution in [1.82, 2.24) is 20.9 Å². The van der Waals surface area contributed by atoms with Gasteiger partial charge in [-0.05, 0) is 45.4 Å². The maximum atomic E-state index is 13.9. The van der Waals surface area contributed by atoms with E-state index in [1.165, 1.54) is 4.90 Å². The summed E-state index contributed by atoms with van der Waals surface area (Å²) in [6, 6.07) is -3.30. The summed E-state index contributed by atoms with van der Waals surface area (Å²) in [5.74, 6) is -3.77. The van der Waals surface area contributed by atoms with E-state index in [0.717, 1.165) is 0 Å². The van der Waals surface area contributed by atoms with Crippen molar-refractivity contribution in [2.75, 3.05) is 13.1 Å². The Hall–Kier alpha value is -2.59. The van der Waals surface area contributed by atoms with Crippen molar-refractivity contribution >= 4 is 52.8 Å². The van der Waals surface area contributed by atoms with Crippen LogP contribution in [0.5, 0.6) is 0 Å². The molecule has 0 aromatic rings. The number of hydrogen-bond donors (Lipinski definition) is 3. The van der Waals surface area contributed by atoms with E-state index >= 15 is 0 Å². The second-order valence-corrected chi connectivity index (χ2v) is 13.8. The number of amides is 4. The number of ketones is 1. The topological polar surface area (TPSA) is 134 Å². The molecule has 0 bridgehead atoms. The molecule has 1 saturated carbocycles. The van der Waals surface area contributed by atoms with Gasteiger partial charge in [-0.2, -0.15) is 0 Å². The van der Waals surface area contributed by atoms with Crippen molar-refractivity contribution in [3.63, 3.8) is 0 Å². The molecule has 3 N–H and O–H groups in total. The number of carbonyl (C=O) groups is 5. The monoisotopic (exact) mass is 600 g/mol. The van der Waals surface area contributed by atoms with Gasteiger partial charge in [0, 0.05) is 24.9 Å². The van der Waals surface area contributed by atoms with Crippen LogP contribution in [0.2, 0.25) is 0 Å². The third-order valence-electron chi connectivity index (χ3n) is 6.81. The van der Waals surface area contributed by atoms with Gasteiger partial charge in [0.2, 0.25) is 17.6 Å². The van der Waals surface area contributed by atoms with Gasteiger partial charge in [-0.25, -0.2) is 4.79 Å². The van der Waals surface area contributed by atoms with Crippen molar-refractivity contribution < 1.29 is 28.7 Å². The molecule has 0 aromatic heterocycles. The highest BCUT2D eigenvalue weighted by Crippen LogP contribution is 2.65. The first kappa shape index (κ1) is 33.6. The average Bonchev–Trinajstić information content (AvgIpc) is 3.15. The molecule has 0 unspecified atom stereocenters. The van der Waals surface area contributed by atoms with E-state index in [0.29, 0.717) is 12.8 Å². The van der Waals surface area contributed by atoms with Gasteiger partial charge >= 0.3 is 6.09 Å². The van der Waals surface area contributed by atoms with Gasteiger partial charge in [-0.1, -0.05) is 32.9 Å². The SMILES string of the molecule is C=CCCNC(=O)C(=O)[C@H](CCC=C)NC(=O)[C@@H]1[C@H]2[C@@H](CN1C(=O)[C@@H](NC(=O)OC(C)(C)C)C(C)(C)C)C2(Cl)Cl. The number of nitrogens with one attached hydrogen (secondary N) is 3. The maximum absolute atomic E-state index is 13.9. The number of ether oxygens (including phenoxy) is 1. The molecule has 10 nitrogen and oxygen atoms in total. The van der Waals surface area contributed by atoms with Crippen LogP contribution in [0.3, 0.4) is 0 Å². The lowest BCUT2D eigenvalue weighted by Gasteiger charge is -2.37. The van der Waals surface area contributed by atoms with Crippen LogP contribution >= 0.6 is 23.2 Å². The minimum absolute atomic E-state index is 0.0878. The lowest BCUT2D eigenvalue weighted by atomic mass is 9.85. The average molecular weight is 602 g/mol. The lowest BCUT2D eigenvalue weighted by molar-refractivity contribution is -0.145. The third-order valence-corrected chi connectivity index (χ3v) is 7.87. The van der Waals surface area contributed by atoms with E-state index in [1.807, 2.05) is 0 Å². The first-order chi connectivity index (χ1) is 18.4. The highest BCUT2D eigenvalue weighted by Gasteiger charge is 2.74. The molecule has 2 aliphatic rings. The second-order valence-electron chi connectivity index (χ2n) is 12.3. The number of rotatable bonds is 12. The fourth-order valence-electron chi connectivity index (χ4n) is 4.72. The van der Waals surface area contributed by atoms with Gasteiger partial charge in [-0.15, -0.1) is 36.4 Å². The normalized spacial score (nSPS) is 22.7. The number of Topliss-reactive ketones (excluding diaryl/α,β-unsaturated/α-hetero) is 1. The molecule has 1 saturated heterocycles. The van der Waals surface area contributed by atoms with Crippen LogP contribution in [0.25, 0.3) is 0 Å². The van der Waals surface area contributed by atoms with Crippen molar-refractivity contribution in [3.05, 3.63) is 25.3 Å². The minimum Gasteiger partial charge on any atom is -0.444 e. The second kappa shape index (κ2) is 12.9. The Morgan fingerprint density at radius 3 is 2.15 bits per heavy atom. The smallest absolute Gasteiger partial charge is 0.408 e. The number of alkyl carbamates (subject to hydrolysis) is 1. The number of carbonyl (C=O) groups excluding carboxylic acids is 5. The van der Waals surface area contributed by atoms with Crippen LogP contribution in [0.4, 0.5) is 4.79 Å². The summed E-state index contributed by atoms with van der Waals surface area (Å²) in [7, 11) is 0. The van der Waals surface area contributed by atoms with E-state index in [2.05, 4.69) is 29.1 Å². The van der Waals surface area contributed by atoms with Crippen molar-refractivity contribution in [3.8, 4) is 0 Å². The zero-order valence-corrected chi connectivity index (χ0v) is 25.7. The molecule has 12 heteroatoms. The maximum Gasteiger partial charge on any atom is 0.408 e. The standard InChI is InChI=1S/C28H42Cl2N4O6/c1-9-11-13-17(20(35)23(37)31-14-12-10-2)32-22(36)19-18-16(28(18,29)30)15-34(19)24(38)21(26(3,4)5)33-25(39)40-27(6,7)8/h9-10,16-19,21H,1-2,11-15H2,3-8H3,(H,31,37)(H,32,36)(H,33,39)/t16-,17+,18-,19+,21-/m1/s1. The molecule has 2 rings (SSSR count). The number of likely N-dealkylation sites (tertiary alicyclic amines) is 1. The van der Waals surface area contributed by atoms with E-state index in [-0.39, 0.29) is 25.4 Å². The highest BCUT2D eigenvalue weighted by molar-refractivity contribution is 6.51. The lowest BCUT2D eigenvalue weighted by Crippen LogP contribution is -2.61. The van der Waals surface area contributed by atoms with Crippen molar-refractivity contribution in [2.45, 2.75) is 88.9 Å². The molecule has 1 heterocycles. The molecule has 0 radical (unpaired) electrons. The van der Waals surface area contributed by atoms with Gasteiger partial charge in [-0.3, -0.25) is 19.2 Å². The summed E-state index contributed by atoms with van der Waals surface area (Å²) < 4.78 is 4.13. The van der Waals surface area contributed by atoms with Crippen molar-refractivity contribution in [2.24, 2.45) is 17.3 Å². The summed E-state index contributed by atoms with van der Waals surface area (Å²) in [4.78, 5) is 66.8. The van der Waals surface area contributed by atoms with Crippen LogP contribution in [-0.2, 0) is 23.9 Å². The van der Waals surface area contributed by atoms with Gasteiger partial charge < -0.3 is 25.6 Å². The number of hydrogen-bond acceptors (Lipinski definition) is 6. The number of halogens is 2. The predicted molar refractivity (Wildman–Crippen MR) is 154 cm³/mol. The predicted octanol–water partition coefficient (Wildman–Crippen LogP) is 3.27. The van der Waals surface area contributed by atoms with E-state index < -0.39 is 69.0 Å². The molecule has 224 valence electrons. The zero-order chi connectivity index (χ0) is 30.6. The quantitative estimate of drug-likeness (QED) is 0.136. The fraction of sp³-hybridized carbons (Fsp3) is 0.679. The molecule has 40 heavy (non-hydrogen) atoms. The Bertz CT molecular complexity index is 1030. The van der Waals surface area contributed by atoms with Crippen LogP contribution in [0, 0.1) is 17.3 Å². The molecule has 1 aliphatic carbocycles. The van der Waals surface area contributed by atoms with Gasteiger partial charge in [0.1, 0.15) is 22.0 Å². The van der Waals surface area contributed by atoms with Crippen LogP contribution in [0.1, 0.15) is 60.8 Å². The molecule has 1 aliphatic heterocycles. The first-order valence-corrected chi connectivity index (χ1v) is 14.1. The number of nitrogens with zero attached hydrogens (tertiary/aromatic N) is 1. The Labute approximate surface area is 246 Å². The highest BCUT2D eigenvalue weighted by atomic mass is 35.5. The van der Waals surface area contributed by atoms with Crippen LogP contribution in [-0.4, -0.2) is 75.6 Å². The molecular weight excluding hydrogens is 559 g/mol.